The Bertz CT molecular complexity index is 470. The first-order valence-corrected chi connectivity index (χ1v) is 12.5. The van der Waals surface area contributed by atoms with Gasteiger partial charge in [-0.25, -0.2) is 4.39 Å². The summed E-state index contributed by atoms with van der Waals surface area (Å²) in [6, 6.07) is 7.23. The number of benzene rings is 1. The number of halogens is 1. The highest BCUT2D eigenvalue weighted by atomic mass is 19.1. The highest BCUT2D eigenvalue weighted by molar-refractivity contribution is 5.20. The molecule has 1 aromatic rings. The van der Waals surface area contributed by atoms with E-state index in [1.165, 1.54) is 121 Å². The summed E-state index contributed by atoms with van der Waals surface area (Å²) in [5, 5.41) is 0. The van der Waals surface area contributed by atoms with Crippen molar-refractivity contribution in [2.75, 3.05) is 0 Å². The number of rotatable bonds is 15. The number of unbranched alkanes of at least 4 members (excludes halogenated alkanes) is 12. The lowest BCUT2D eigenvalue weighted by atomic mass is 9.77. The quantitative estimate of drug-likeness (QED) is 0.262. The van der Waals surface area contributed by atoms with E-state index in [0.29, 0.717) is 5.92 Å². The first kappa shape index (κ1) is 23.4. The maximum Gasteiger partial charge on any atom is 0.123 e. The molecule has 0 radical (unpaired) electrons. The molecule has 160 valence electrons. The molecule has 2 rings (SSSR count). The molecule has 0 N–H and O–H groups in total. The van der Waals surface area contributed by atoms with Crippen LogP contribution < -0.4 is 0 Å². The van der Waals surface area contributed by atoms with E-state index in [1.807, 2.05) is 12.1 Å². The van der Waals surface area contributed by atoms with Crippen molar-refractivity contribution in [2.24, 2.45) is 5.92 Å². The van der Waals surface area contributed by atoms with Gasteiger partial charge in [0.05, 0.1) is 0 Å². The molecule has 0 saturated heterocycles. The predicted molar refractivity (Wildman–Crippen MR) is 121 cm³/mol. The van der Waals surface area contributed by atoms with Gasteiger partial charge in [-0.15, -0.1) is 0 Å². The smallest absolute Gasteiger partial charge is 0.123 e. The van der Waals surface area contributed by atoms with Crippen molar-refractivity contribution in [1.82, 2.24) is 0 Å². The molecule has 28 heavy (non-hydrogen) atoms. The van der Waals surface area contributed by atoms with Gasteiger partial charge in [0.25, 0.3) is 0 Å². The fraction of sp³-hybridized carbons (Fsp3) is 0.778. The largest absolute Gasteiger partial charge is 0.207 e. The Morgan fingerprint density at radius 2 is 1.11 bits per heavy atom. The number of hydrogen-bond acceptors (Lipinski definition) is 0. The summed E-state index contributed by atoms with van der Waals surface area (Å²) in [7, 11) is 0. The van der Waals surface area contributed by atoms with Crippen molar-refractivity contribution in [1.29, 1.82) is 0 Å². The topological polar surface area (TPSA) is 0 Å². The molecule has 0 unspecified atom stereocenters. The maximum atomic E-state index is 13.1. The molecule has 0 spiro atoms. The monoisotopic (exact) mass is 388 g/mol. The highest BCUT2D eigenvalue weighted by Gasteiger charge is 2.21. The van der Waals surface area contributed by atoms with Crippen LogP contribution in [0, 0.1) is 11.7 Å². The Morgan fingerprint density at radius 1 is 0.643 bits per heavy atom. The Hall–Kier alpha value is -0.850. The van der Waals surface area contributed by atoms with Gasteiger partial charge < -0.3 is 0 Å². The maximum absolute atomic E-state index is 13.1. The third-order valence-corrected chi connectivity index (χ3v) is 6.90. The van der Waals surface area contributed by atoms with Crippen molar-refractivity contribution in [3.8, 4) is 0 Å². The van der Waals surface area contributed by atoms with Gasteiger partial charge in [-0.1, -0.05) is 109 Å². The van der Waals surface area contributed by atoms with Crippen LogP contribution in [0.3, 0.4) is 0 Å². The molecule has 0 aliphatic heterocycles. The minimum absolute atomic E-state index is 0.111. The molecule has 0 aromatic heterocycles. The zero-order valence-electron chi connectivity index (χ0n) is 18.6. The van der Waals surface area contributed by atoms with Crippen LogP contribution in [0.1, 0.15) is 134 Å². The minimum Gasteiger partial charge on any atom is -0.207 e. The average Bonchev–Trinajstić information content (AvgIpc) is 2.72. The van der Waals surface area contributed by atoms with Crippen molar-refractivity contribution in [3.63, 3.8) is 0 Å². The van der Waals surface area contributed by atoms with E-state index in [2.05, 4.69) is 6.92 Å². The minimum atomic E-state index is -0.111. The van der Waals surface area contributed by atoms with Gasteiger partial charge in [0.2, 0.25) is 0 Å². The molecule has 1 aromatic carbocycles. The zero-order chi connectivity index (χ0) is 19.9. The standard InChI is InChI=1S/C27H45F/c1-2-3-4-5-6-7-8-9-10-11-12-13-14-15-24-16-18-25(19-17-24)26-20-22-27(28)23-21-26/h20-25H,2-19H2,1H3. The lowest BCUT2D eigenvalue weighted by Gasteiger charge is -2.28. The van der Waals surface area contributed by atoms with Gasteiger partial charge in [-0.2, -0.15) is 0 Å². The average molecular weight is 389 g/mol. The lowest BCUT2D eigenvalue weighted by Crippen LogP contribution is -2.13. The van der Waals surface area contributed by atoms with Gasteiger partial charge in [-0.05, 0) is 55.2 Å². The van der Waals surface area contributed by atoms with Gasteiger partial charge in [0, 0.05) is 0 Å². The van der Waals surface area contributed by atoms with E-state index < -0.39 is 0 Å². The number of hydrogen-bond donors (Lipinski definition) is 0. The second-order valence-electron chi connectivity index (χ2n) is 9.30. The van der Waals surface area contributed by atoms with Crippen molar-refractivity contribution in [2.45, 2.75) is 128 Å². The summed E-state index contributed by atoms with van der Waals surface area (Å²) in [5.74, 6) is 1.51. The molecule has 0 bridgehead atoms. The van der Waals surface area contributed by atoms with Crippen LogP contribution in [0.25, 0.3) is 0 Å². The highest BCUT2D eigenvalue weighted by Crippen LogP contribution is 2.37. The molecular weight excluding hydrogens is 343 g/mol. The zero-order valence-corrected chi connectivity index (χ0v) is 18.6. The van der Waals surface area contributed by atoms with Crippen LogP contribution in [-0.2, 0) is 0 Å². The fourth-order valence-corrected chi connectivity index (χ4v) is 4.97. The van der Waals surface area contributed by atoms with Crippen LogP contribution in [-0.4, -0.2) is 0 Å². The van der Waals surface area contributed by atoms with Crippen LogP contribution in [0.2, 0.25) is 0 Å². The third kappa shape index (κ3) is 10.1. The van der Waals surface area contributed by atoms with E-state index >= 15 is 0 Å². The molecule has 1 aliphatic rings. The van der Waals surface area contributed by atoms with Gasteiger partial charge in [0.1, 0.15) is 5.82 Å². The van der Waals surface area contributed by atoms with E-state index in [0.717, 1.165) is 5.92 Å². The van der Waals surface area contributed by atoms with E-state index in [-0.39, 0.29) is 5.82 Å². The molecule has 1 aliphatic carbocycles. The van der Waals surface area contributed by atoms with E-state index in [9.17, 15) is 4.39 Å². The summed E-state index contributed by atoms with van der Waals surface area (Å²) < 4.78 is 13.1. The molecule has 1 saturated carbocycles. The summed E-state index contributed by atoms with van der Waals surface area (Å²) in [6.45, 7) is 2.29. The van der Waals surface area contributed by atoms with Gasteiger partial charge >= 0.3 is 0 Å². The summed E-state index contributed by atoms with van der Waals surface area (Å²) in [4.78, 5) is 0. The third-order valence-electron chi connectivity index (χ3n) is 6.90. The summed E-state index contributed by atoms with van der Waals surface area (Å²) in [6.07, 6.45) is 25.6. The summed E-state index contributed by atoms with van der Waals surface area (Å²) in [5.41, 5.74) is 1.35. The first-order chi connectivity index (χ1) is 13.8. The van der Waals surface area contributed by atoms with Gasteiger partial charge in [-0.3, -0.25) is 0 Å². The van der Waals surface area contributed by atoms with E-state index in [1.54, 1.807) is 12.1 Å². The molecule has 0 nitrogen and oxygen atoms in total. The van der Waals surface area contributed by atoms with Crippen LogP contribution >= 0.6 is 0 Å². The second-order valence-corrected chi connectivity index (χ2v) is 9.30. The Labute approximate surface area is 174 Å². The summed E-state index contributed by atoms with van der Waals surface area (Å²) >= 11 is 0. The second kappa shape index (κ2) is 15.1. The molecular formula is C27H45F. The SMILES string of the molecule is CCCCCCCCCCCCCCCC1CCC(c2ccc(F)cc2)CC1. The predicted octanol–water partition coefficient (Wildman–Crippen LogP) is 9.58. The van der Waals surface area contributed by atoms with Gasteiger partial charge in [0.15, 0.2) is 0 Å². The fourth-order valence-electron chi connectivity index (χ4n) is 4.97. The van der Waals surface area contributed by atoms with Crippen LogP contribution in [0.4, 0.5) is 4.39 Å². The van der Waals surface area contributed by atoms with E-state index in [4.69, 9.17) is 0 Å². The van der Waals surface area contributed by atoms with Crippen molar-refractivity contribution >= 4 is 0 Å². The molecule has 1 fully saturated rings. The molecule has 0 heterocycles. The van der Waals surface area contributed by atoms with Crippen LogP contribution in [0.5, 0.6) is 0 Å². The molecule has 1 heteroatoms. The Morgan fingerprint density at radius 3 is 1.61 bits per heavy atom. The lowest BCUT2D eigenvalue weighted by molar-refractivity contribution is 0.301. The van der Waals surface area contributed by atoms with Crippen molar-refractivity contribution < 1.29 is 4.39 Å². The van der Waals surface area contributed by atoms with Crippen molar-refractivity contribution in [3.05, 3.63) is 35.6 Å². The first-order valence-electron chi connectivity index (χ1n) is 12.5. The normalized spacial score (nSPS) is 19.8. The molecule has 0 amide bonds. The Kier molecular flexibility index (Phi) is 12.6. The Balaban J connectivity index is 1.37. The molecule has 0 atom stereocenters. The van der Waals surface area contributed by atoms with Crippen LogP contribution in [0.15, 0.2) is 24.3 Å².